The van der Waals surface area contributed by atoms with Crippen molar-refractivity contribution >= 4 is 12.4 Å². The molecule has 2 rings (SSSR count). The summed E-state index contributed by atoms with van der Waals surface area (Å²) in [7, 11) is 1.49. The van der Waals surface area contributed by atoms with Crippen LogP contribution in [-0.2, 0) is 0 Å². The number of hydrogen-bond acceptors (Lipinski definition) is 5. The Morgan fingerprint density at radius 2 is 1.48 bits per heavy atom. The van der Waals surface area contributed by atoms with Crippen LogP contribution >= 0.6 is 0 Å². The number of nitrogens with zero attached hydrogens (tertiary/aromatic N) is 2. The predicted octanol–water partition coefficient (Wildman–Crippen LogP) is 2.87. The molecule has 0 heterocycles. The molecular weight excluding hydrogens is 268 g/mol. The second-order valence-corrected chi connectivity index (χ2v) is 4.47. The third kappa shape index (κ3) is 3.82. The van der Waals surface area contributed by atoms with E-state index >= 15 is 0 Å². The smallest absolute Gasteiger partial charge is 0.161 e. The van der Waals surface area contributed by atoms with Gasteiger partial charge in [-0.25, -0.2) is 0 Å². The molecule has 5 heteroatoms. The normalized spacial score (nSPS) is 11.3. The topological polar surface area (TPSA) is 74.4 Å². The number of phenols is 2. The maximum atomic E-state index is 9.48. The molecule has 0 aromatic heterocycles. The Morgan fingerprint density at radius 1 is 0.905 bits per heavy atom. The molecule has 0 saturated carbocycles. The average Bonchev–Trinajstić information content (AvgIpc) is 2.48. The molecule has 5 nitrogen and oxygen atoms in total. The highest BCUT2D eigenvalue weighted by Gasteiger charge is 2.00. The first-order chi connectivity index (χ1) is 10.1. The molecule has 2 N–H and O–H groups in total. The lowest BCUT2D eigenvalue weighted by molar-refractivity contribution is 0.373. The lowest BCUT2D eigenvalue weighted by Gasteiger charge is -2.02. The molecule has 0 aliphatic rings. The zero-order valence-corrected chi connectivity index (χ0v) is 11.8. The molecule has 21 heavy (non-hydrogen) atoms. The van der Waals surface area contributed by atoms with Crippen LogP contribution < -0.4 is 4.74 Å². The van der Waals surface area contributed by atoms with Gasteiger partial charge in [0.25, 0.3) is 0 Å². The van der Waals surface area contributed by atoms with E-state index in [4.69, 9.17) is 4.74 Å². The monoisotopic (exact) mass is 284 g/mol. The van der Waals surface area contributed by atoms with Gasteiger partial charge in [0.15, 0.2) is 11.5 Å². The summed E-state index contributed by atoms with van der Waals surface area (Å²) in [5.74, 6) is 0.724. The predicted molar refractivity (Wildman–Crippen MR) is 82.7 cm³/mol. The Bertz CT molecular complexity index is 694. The van der Waals surface area contributed by atoms with Crippen LogP contribution in [0.3, 0.4) is 0 Å². The Kier molecular flexibility index (Phi) is 4.56. The van der Waals surface area contributed by atoms with Crippen LogP contribution in [-0.4, -0.2) is 29.8 Å². The standard InChI is InChI=1S/C16H16N2O3/c1-11-7-12(3-5-14(11)19)9-17-18-10-13-4-6-15(20)16(8-13)21-2/h3-10,19-20H,1-2H3. The van der Waals surface area contributed by atoms with Gasteiger partial charge in [0.2, 0.25) is 0 Å². The average molecular weight is 284 g/mol. The summed E-state index contributed by atoms with van der Waals surface area (Å²) in [5, 5.41) is 26.8. The zero-order valence-electron chi connectivity index (χ0n) is 11.8. The number of aromatic hydroxyl groups is 2. The van der Waals surface area contributed by atoms with Gasteiger partial charge in [0.05, 0.1) is 19.5 Å². The Balaban J connectivity index is 2.07. The summed E-state index contributed by atoms with van der Waals surface area (Å²) in [5.41, 5.74) is 2.40. The van der Waals surface area contributed by atoms with Crippen molar-refractivity contribution in [3.05, 3.63) is 53.1 Å². The SMILES string of the molecule is COc1cc(C=NN=Cc2ccc(O)c(C)c2)ccc1O. The van der Waals surface area contributed by atoms with Gasteiger partial charge >= 0.3 is 0 Å². The second-order valence-electron chi connectivity index (χ2n) is 4.47. The molecule has 0 amide bonds. The van der Waals surface area contributed by atoms with Gasteiger partial charge < -0.3 is 14.9 Å². The van der Waals surface area contributed by atoms with Gasteiger partial charge in [0, 0.05) is 0 Å². The largest absolute Gasteiger partial charge is 0.508 e. The number of aryl methyl sites for hydroxylation is 1. The molecule has 0 atom stereocenters. The lowest BCUT2D eigenvalue weighted by atomic mass is 10.1. The maximum absolute atomic E-state index is 9.48. The minimum absolute atomic E-state index is 0.0812. The molecule has 0 aliphatic carbocycles. The van der Waals surface area contributed by atoms with Crippen molar-refractivity contribution in [1.29, 1.82) is 0 Å². The number of methoxy groups -OCH3 is 1. The third-order valence-corrected chi connectivity index (χ3v) is 2.90. The molecule has 0 saturated heterocycles. The molecule has 0 radical (unpaired) electrons. The van der Waals surface area contributed by atoms with Crippen LogP contribution in [0.15, 0.2) is 46.6 Å². The summed E-state index contributed by atoms with van der Waals surface area (Å²) < 4.78 is 5.01. The number of phenolic OH excluding ortho intramolecular Hbond substituents is 2. The van der Waals surface area contributed by atoms with E-state index in [1.54, 1.807) is 36.7 Å². The highest BCUT2D eigenvalue weighted by atomic mass is 16.5. The van der Waals surface area contributed by atoms with Crippen molar-refractivity contribution < 1.29 is 14.9 Å². The number of benzene rings is 2. The van der Waals surface area contributed by atoms with Crippen LogP contribution in [0.2, 0.25) is 0 Å². The molecule has 2 aromatic carbocycles. The fourth-order valence-corrected chi connectivity index (χ4v) is 1.73. The van der Waals surface area contributed by atoms with E-state index in [1.807, 2.05) is 13.0 Å². The molecule has 0 bridgehead atoms. The molecule has 0 unspecified atom stereocenters. The van der Waals surface area contributed by atoms with E-state index in [-0.39, 0.29) is 11.5 Å². The second kappa shape index (κ2) is 6.56. The van der Waals surface area contributed by atoms with Crippen LogP contribution in [0, 0.1) is 6.92 Å². The summed E-state index contributed by atoms with van der Waals surface area (Å²) >= 11 is 0. The van der Waals surface area contributed by atoms with E-state index in [2.05, 4.69) is 10.2 Å². The Hall–Kier alpha value is -2.82. The number of rotatable bonds is 4. The van der Waals surface area contributed by atoms with Crippen molar-refractivity contribution in [1.82, 2.24) is 0 Å². The molecule has 0 fully saturated rings. The fraction of sp³-hybridized carbons (Fsp3) is 0.125. The van der Waals surface area contributed by atoms with E-state index in [0.29, 0.717) is 5.75 Å². The van der Waals surface area contributed by atoms with Crippen molar-refractivity contribution in [2.45, 2.75) is 6.92 Å². The van der Waals surface area contributed by atoms with Crippen LogP contribution in [0.4, 0.5) is 0 Å². The lowest BCUT2D eigenvalue weighted by Crippen LogP contribution is -1.87. The number of hydrogen-bond donors (Lipinski definition) is 2. The van der Waals surface area contributed by atoms with Crippen molar-refractivity contribution in [3.8, 4) is 17.2 Å². The molecule has 2 aromatic rings. The quantitative estimate of drug-likeness (QED) is 0.669. The zero-order chi connectivity index (χ0) is 15.2. The van der Waals surface area contributed by atoms with E-state index in [1.165, 1.54) is 13.2 Å². The first kappa shape index (κ1) is 14.6. The van der Waals surface area contributed by atoms with Crippen molar-refractivity contribution in [3.63, 3.8) is 0 Å². The van der Waals surface area contributed by atoms with Gasteiger partial charge in [-0.15, -0.1) is 0 Å². The Labute approximate surface area is 122 Å². The van der Waals surface area contributed by atoms with Crippen molar-refractivity contribution in [2.75, 3.05) is 7.11 Å². The first-order valence-electron chi connectivity index (χ1n) is 6.33. The highest BCUT2D eigenvalue weighted by molar-refractivity contribution is 5.83. The van der Waals surface area contributed by atoms with E-state index < -0.39 is 0 Å². The highest BCUT2D eigenvalue weighted by Crippen LogP contribution is 2.25. The van der Waals surface area contributed by atoms with Gasteiger partial charge in [0.1, 0.15) is 5.75 Å². The Morgan fingerprint density at radius 3 is 2.05 bits per heavy atom. The third-order valence-electron chi connectivity index (χ3n) is 2.90. The van der Waals surface area contributed by atoms with Crippen LogP contribution in [0.25, 0.3) is 0 Å². The van der Waals surface area contributed by atoms with Crippen molar-refractivity contribution in [2.24, 2.45) is 10.2 Å². The minimum Gasteiger partial charge on any atom is -0.508 e. The van der Waals surface area contributed by atoms with Gasteiger partial charge in [-0.1, -0.05) is 0 Å². The molecule has 0 spiro atoms. The van der Waals surface area contributed by atoms with Gasteiger partial charge in [-0.2, -0.15) is 10.2 Å². The summed E-state index contributed by atoms with van der Waals surface area (Å²) in [4.78, 5) is 0. The molecular formula is C16H16N2O3. The summed E-state index contributed by atoms with van der Waals surface area (Å²) in [6.45, 7) is 1.82. The van der Waals surface area contributed by atoms with Gasteiger partial charge in [-0.3, -0.25) is 0 Å². The van der Waals surface area contributed by atoms with Gasteiger partial charge in [-0.05, 0) is 60.0 Å². The van der Waals surface area contributed by atoms with E-state index in [0.717, 1.165) is 16.7 Å². The first-order valence-corrected chi connectivity index (χ1v) is 6.33. The fourth-order valence-electron chi connectivity index (χ4n) is 1.73. The summed E-state index contributed by atoms with van der Waals surface area (Å²) in [6, 6.07) is 10.1. The van der Waals surface area contributed by atoms with Crippen LogP contribution in [0.1, 0.15) is 16.7 Å². The number of ether oxygens (including phenoxy) is 1. The molecule has 108 valence electrons. The summed E-state index contributed by atoms with van der Waals surface area (Å²) in [6.07, 6.45) is 3.16. The maximum Gasteiger partial charge on any atom is 0.161 e. The van der Waals surface area contributed by atoms with E-state index in [9.17, 15) is 10.2 Å². The molecule has 0 aliphatic heterocycles. The minimum atomic E-state index is 0.0812. The van der Waals surface area contributed by atoms with Crippen LogP contribution in [0.5, 0.6) is 17.2 Å².